The first-order valence-electron chi connectivity index (χ1n) is 9.75. The quantitative estimate of drug-likeness (QED) is 0.320. The van der Waals surface area contributed by atoms with Gasteiger partial charge in [-0.25, -0.2) is 8.42 Å². The molecule has 2 aliphatic carbocycles. The zero-order valence-corrected chi connectivity index (χ0v) is 19.5. The van der Waals surface area contributed by atoms with E-state index >= 15 is 0 Å². The van der Waals surface area contributed by atoms with Crippen LogP contribution >= 0.6 is 0 Å². The molecule has 0 saturated heterocycles. The molecule has 162 valence electrons. The molecule has 0 spiro atoms. The van der Waals surface area contributed by atoms with Gasteiger partial charge in [-0.3, -0.25) is 13.5 Å². The summed E-state index contributed by atoms with van der Waals surface area (Å²) in [5, 5.41) is 0. The van der Waals surface area contributed by atoms with Gasteiger partial charge in [-0.2, -0.15) is 0 Å². The van der Waals surface area contributed by atoms with Crippen LogP contribution in [0.3, 0.4) is 0 Å². The summed E-state index contributed by atoms with van der Waals surface area (Å²) in [5.41, 5.74) is 4.71. The van der Waals surface area contributed by atoms with Gasteiger partial charge in [0.2, 0.25) is 10.4 Å². The molecule has 6 nitrogen and oxygen atoms in total. The Hall–Kier alpha value is -1.54. The molecule has 2 saturated carbocycles. The number of hydrogen-bond donors (Lipinski definition) is 0. The first kappa shape index (κ1) is 23.7. The lowest BCUT2D eigenvalue weighted by molar-refractivity contribution is -0.125. The molecule has 1 aromatic rings. The van der Waals surface area contributed by atoms with E-state index < -0.39 is 10.4 Å². The lowest BCUT2D eigenvalue weighted by atomic mass is 9.70. The Kier molecular flexibility index (Phi) is 6.23. The Balaban J connectivity index is 0.000000438. The highest BCUT2D eigenvalue weighted by atomic mass is 32.3. The summed E-state index contributed by atoms with van der Waals surface area (Å²) in [7, 11) is 2.92. The Morgan fingerprint density at radius 2 is 1.76 bits per heavy atom. The van der Waals surface area contributed by atoms with Gasteiger partial charge in [-0.15, -0.1) is 0 Å². The monoisotopic (exact) mass is 423 g/mol. The molecule has 0 radical (unpaired) electrons. The van der Waals surface area contributed by atoms with Gasteiger partial charge in [-0.05, 0) is 66.0 Å². The van der Waals surface area contributed by atoms with Crippen molar-refractivity contribution in [1.29, 1.82) is 0 Å². The summed E-state index contributed by atoms with van der Waals surface area (Å²) in [4.78, 5) is 13.0. The van der Waals surface area contributed by atoms with Crippen LogP contribution < -0.4 is 4.48 Å². The minimum Gasteiger partial charge on any atom is -0.726 e. The average Bonchev–Trinajstić information content (AvgIpc) is 2.89. The molecule has 0 aliphatic heterocycles. The Morgan fingerprint density at radius 1 is 1.21 bits per heavy atom. The summed E-state index contributed by atoms with van der Waals surface area (Å²) < 4.78 is 31.8. The molecule has 0 amide bonds. The third-order valence-corrected chi connectivity index (χ3v) is 7.32. The van der Waals surface area contributed by atoms with Crippen LogP contribution in [0.1, 0.15) is 44.7 Å². The second-order valence-corrected chi connectivity index (χ2v) is 10.9. The lowest BCUT2D eigenvalue weighted by Crippen LogP contribution is -2.34. The first-order valence-corrected chi connectivity index (χ1v) is 11.1. The normalized spacial score (nSPS) is 27.1. The van der Waals surface area contributed by atoms with Gasteiger partial charge >= 0.3 is 0 Å². The van der Waals surface area contributed by atoms with Crippen molar-refractivity contribution in [2.45, 2.75) is 40.5 Å². The van der Waals surface area contributed by atoms with E-state index in [0.717, 1.165) is 30.0 Å². The van der Waals surface area contributed by atoms with Gasteiger partial charge in [0.1, 0.15) is 5.69 Å². The van der Waals surface area contributed by atoms with Crippen LogP contribution in [0.5, 0.6) is 0 Å². The highest BCUT2D eigenvalue weighted by Gasteiger charge is 2.63. The number of ketones is 1. The van der Waals surface area contributed by atoms with E-state index in [2.05, 4.69) is 77.3 Å². The van der Waals surface area contributed by atoms with E-state index in [0.29, 0.717) is 11.7 Å². The number of quaternary nitrogens is 1. The number of carbonyl (C=O) groups is 1. The molecular formula is C22H33NO5S. The van der Waals surface area contributed by atoms with Crippen LogP contribution in [0.15, 0.2) is 23.8 Å². The minimum absolute atomic E-state index is 0.0893. The maximum atomic E-state index is 13.0. The standard InChI is InChI=1S/C21H30NO.CH4O4S/c1-14-12-16(22(5,6)7)9-8-15(14)13-17-18-10-11-21(4,19(17)23)20(18,2)3;1-5-6(2,3)4/h8-9,12-13,18H,10-11H2,1-7H3;1H3,(H,2,3,4)/q+1;/p-1. The molecule has 0 N–H and O–H groups in total. The van der Waals surface area contributed by atoms with Crippen molar-refractivity contribution >= 4 is 27.9 Å². The fourth-order valence-electron chi connectivity index (χ4n) is 4.50. The Bertz CT molecular complexity index is 940. The van der Waals surface area contributed by atoms with E-state index in [4.69, 9.17) is 0 Å². The number of aryl methyl sites for hydroxylation is 1. The summed E-state index contributed by atoms with van der Waals surface area (Å²) >= 11 is 0. The molecule has 2 aliphatic rings. The summed E-state index contributed by atoms with van der Waals surface area (Å²) in [6, 6.07) is 6.61. The van der Waals surface area contributed by atoms with Crippen molar-refractivity contribution in [1.82, 2.24) is 4.48 Å². The van der Waals surface area contributed by atoms with E-state index in [9.17, 15) is 17.8 Å². The smallest absolute Gasteiger partial charge is 0.217 e. The van der Waals surface area contributed by atoms with Gasteiger partial charge in [0.15, 0.2) is 5.78 Å². The van der Waals surface area contributed by atoms with Gasteiger partial charge < -0.3 is 4.55 Å². The Labute approximate surface area is 175 Å². The first-order chi connectivity index (χ1) is 13.0. The number of benzene rings is 1. The van der Waals surface area contributed by atoms with Crippen LogP contribution in [0.4, 0.5) is 5.69 Å². The zero-order chi connectivity index (χ0) is 22.4. The van der Waals surface area contributed by atoms with Crippen molar-refractivity contribution in [3.05, 3.63) is 34.9 Å². The molecular weight excluding hydrogens is 390 g/mol. The molecule has 3 rings (SSSR count). The molecule has 0 aromatic heterocycles. The summed E-state index contributed by atoms with van der Waals surface area (Å²) in [5.74, 6) is 0.798. The van der Waals surface area contributed by atoms with Crippen molar-refractivity contribution in [3.8, 4) is 0 Å². The predicted molar refractivity (Wildman–Crippen MR) is 115 cm³/mol. The van der Waals surface area contributed by atoms with Crippen LogP contribution in [0, 0.1) is 23.7 Å². The molecule has 2 atom stereocenters. The highest BCUT2D eigenvalue weighted by molar-refractivity contribution is 7.80. The third kappa shape index (κ3) is 4.48. The molecule has 2 fully saturated rings. The number of hydrogen-bond acceptors (Lipinski definition) is 5. The third-order valence-electron chi connectivity index (χ3n) is 6.91. The zero-order valence-electron chi connectivity index (χ0n) is 18.7. The second-order valence-electron chi connectivity index (χ2n) is 9.70. The topological polar surface area (TPSA) is 83.5 Å². The average molecular weight is 424 g/mol. The largest absolute Gasteiger partial charge is 0.726 e. The predicted octanol–water partition coefficient (Wildman–Crippen LogP) is 3.69. The van der Waals surface area contributed by atoms with Crippen molar-refractivity contribution in [2.75, 3.05) is 28.3 Å². The van der Waals surface area contributed by atoms with E-state index in [1.807, 2.05) is 0 Å². The van der Waals surface area contributed by atoms with Crippen LogP contribution in [-0.4, -0.2) is 47.0 Å². The van der Waals surface area contributed by atoms with Crippen molar-refractivity contribution in [2.24, 2.45) is 16.7 Å². The SMILES string of the molecule is COS(=O)(=O)[O-].Cc1cc([N+](C)(C)C)ccc1C=C1C(=O)C2(C)CCC1C2(C)C. The van der Waals surface area contributed by atoms with Gasteiger partial charge in [0.05, 0.1) is 28.3 Å². The number of rotatable bonds is 3. The highest BCUT2D eigenvalue weighted by Crippen LogP contribution is 2.65. The van der Waals surface area contributed by atoms with Crippen LogP contribution in [0.2, 0.25) is 0 Å². The second kappa shape index (κ2) is 7.61. The maximum absolute atomic E-state index is 13.0. The van der Waals surface area contributed by atoms with E-state index in [1.54, 1.807) is 0 Å². The fraction of sp³-hybridized carbons (Fsp3) is 0.591. The maximum Gasteiger partial charge on any atom is 0.217 e. The number of fused-ring (bicyclic) bond motifs is 2. The molecule has 7 heteroatoms. The molecule has 0 heterocycles. The molecule has 1 aromatic carbocycles. The molecule has 29 heavy (non-hydrogen) atoms. The van der Waals surface area contributed by atoms with Crippen LogP contribution in [0.25, 0.3) is 6.08 Å². The Morgan fingerprint density at radius 3 is 2.14 bits per heavy atom. The summed E-state index contributed by atoms with van der Waals surface area (Å²) in [6.45, 7) is 8.87. The van der Waals surface area contributed by atoms with Crippen LogP contribution in [-0.2, 0) is 19.4 Å². The summed E-state index contributed by atoms with van der Waals surface area (Å²) in [6.07, 6.45) is 4.37. The fourth-order valence-corrected chi connectivity index (χ4v) is 4.50. The number of Topliss-reactive ketones (excluding diaryl/α,β-unsaturated/α-hetero) is 1. The number of nitrogens with zero attached hydrogens (tertiary/aromatic N) is 1. The van der Waals surface area contributed by atoms with E-state index in [1.165, 1.54) is 16.8 Å². The number of carbonyl (C=O) groups excluding carboxylic acids is 1. The van der Waals surface area contributed by atoms with Gasteiger partial charge in [0.25, 0.3) is 0 Å². The van der Waals surface area contributed by atoms with Crippen molar-refractivity contribution in [3.63, 3.8) is 0 Å². The van der Waals surface area contributed by atoms with Crippen molar-refractivity contribution < 1.29 is 21.9 Å². The molecule has 2 bridgehead atoms. The lowest BCUT2D eigenvalue weighted by Gasteiger charge is -2.31. The number of allylic oxidation sites excluding steroid dienone is 1. The molecule has 2 unspecified atom stereocenters. The van der Waals surface area contributed by atoms with Gasteiger partial charge in [-0.1, -0.05) is 20.8 Å². The minimum atomic E-state index is -4.41. The van der Waals surface area contributed by atoms with Gasteiger partial charge in [0, 0.05) is 11.5 Å². The van der Waals surface area contributed by atoms with E-state index in [-0.39, 0.29) is 10.8 Å².